The van der Waals surface area contributed by atoms with Gasteiger partial charge in [-0.05, 0) is 73.1 Å². The molecule has 0 aliphatic heterocycles. The molecule has 0 N–H and O–H groups in total. The quantitative estimate of drug-likeness (QED) is 0.173. The minimum atomic E-state index is 0.739. The molecule has 6 heteroatoms. The highest BCUT2D eigenvalue weighted by molar-refractivity contribution is 6.22. The van der Waals surface area contributed by atoms with Gasteiger partial charge in [-0.1, -0.05) is 91.0 Å². The van der Waals surface area contributed by atoms with Gasteiger partial charge < -0.3 is 8.83 Å². The first-order valence-electron chi connectivity index (χ1n) is 15.6. The van der Waals surface area contributed by atoms with E-state index in [1.165, 1.54) is 23.9 Å². The monoisotopic (exact) mass is 618 g/mol. The number of aromatic nitrogens is 4. The van der Waals surface area contributed by atoms with E-state index < -0.39 is 0 Å². The molecule has 0 bridgehead atoms. The normalized spacial score (nSPS) is 11.3. The van der Waals surface area contributed by atoms with Gasteiger partial charge in [-0.3, -0.25) is 9.97 Å². The van der Waals surface area contributed by atoms with Crippen molar-refractivity contribution in [1.29, 1.82) is 0 Å². The van der Waals surface area contributed by atoms with Crippen molar-refractivity contribution < 1.29 is 8.83 Å². The van der Waals surface area contributed by atoms with Gasteiger partial charge in [-0.15, -0.1) is 0 Å². The lowest BCUT2D eigenvalue weighted by atomic mass is 9.84. The number of nitrogens with zero attached hydrogens (tertiary/aromatic N) is 4. The number of oxazole rings is 2. The summed E-state index contributed by atoms with van der Waals surface area (Å²) in [6.07, 6.45) is 13.7. The van der Waals surface area contributed by atoms with Crippen LogP contribution in [0.5, 0.6) is 0 Å². The molecule has 0 aliphatic rings. The van der Waals surface area contributed by atoms with Gasteiger partial charge in [-0.2, -0.15) is 0 Å². The van der Waals surface area contributed by atoms with Crippen LogP contribution in [-0.2, 0) is 0 Å². The molecule has 5 aromatic carbocycles. The van der Waals surface area contributed by atoms with Crippen molar-refractivity contribution in [3.63, 3.8) is 0 Å². The van der Waals surface area contributed by atoms with Crippen molar-refractivity contribution >= 4 is 21.5 Å². The molecule has 6 nitrogen and oxygen atoms in total. The maximum absolute atomic E-state index is 5.31. The van der Waals surface area contributed by atoms with Crippen molar-refractivity contribution in [3.8, 4) is 67.0 Å². The summed E-state index contributed by atoms with van der Waals surface area (Å²) >= 11 is 0. The van der Waals surface area contributed by atoms with E-state index in [4.69, 9.17) is 8.83 Å². The zero-order valence-electron chi connectivity index (χ0n) is 25.6. The molecule has 48 heavy (non-hydrogen) atoms. The van der Waals surface area contributed by atoms with Gasteiger partial charge in [0.2, 0.25) is 0 Å². The average Bonchev–Trinajstić information content (AvgIpc) is 3.90. The Morgan fingerprint density at radius 2 is 0.875 bits per heavy atom. The minimum absolute atomic E-state index is 0.739. The third-order valence-corrected chi connectivity index (χ3v) is 8.86. The van der Waals surface area contributed by atoms with Crippen LogP contribution < -0.4 is 0 Å². The first-order valence-corrected chi connectivity index (χ1v) is 15.6. The van der Waals surface area contributed by atoms with Crippen molar-refractivity contribution in [2.24, 2.45) is 0 Å². The number of pyridine rings is 2. The predicted octanol–water partition coefficient (Wildman–Crippen LogP) is 10.8. The van der Waals surface area contributed by atoms with E-state index in [0.29, 0.717) is 0 Å². The highest BCUT2D eigenvalue weighted by Crippen LogP contribution is 2.46. The second-order valence-electron chi connectivity index (χ2n) is 11.6. The minimum Gasteiger partial charge on any atom is -0.451 e. The van der Waals surface area contributed by atoms with Crippen LogP contribution in [0, 0.1) is 0 Å². The van der Waals surface area contributed by atoms with Crippen LogP contribution in [0.3, 0.4) is 0 Å². The molecule has 0 saturated carbocycles. The van der Waals surface area contributed by atoms with Crippen molar-refractivity contribution in [2.75, 3.05) is 0 Å². The van der Waals surface area contributed by atoms with Gasteiger partial charge in [0.15, 0.2) is 12.8 Å². The van der Waals surface area contributed by atoms with Crippen LogP contribution in [-0.4, -0.2) is 19.9 Å². The summed E-state index contributed by atoms with van der Waals surface area (Å²) in [5.41, 5.74) is 12.1. The molecule has 9 rings (SSSR count). The molecule has 0 fully saturated rings. The summed E-state index contributed by atoms with van der Waals surface area (Å²) < 4.78 is 10.6. The van der Waals surface area contributed by atoms with Gasteiger partial charge >= 0.3 is 0 Å². The van der Waals surface area contributed by atoms with E-state index in [0.717, 1.165) is 77.4 Å². The summed E-state index contributed by atoms with van der Waals surface area (Å²) in [5, 5.41) is 4.44. The number of rotatable bonds is 6. The summed E-state index contributed by atoms with van der Waals surface area (Å²) in [5.74, 6) is 0. The van der Waals surface area contributed by atoms with E-state index in [-0.39, 0.29) is 0 Å². The molecule has 0 spiro atoms. The second kappa shape index (κ2) is 11.6. The van der Waals surface area contributed by atoms with E-state index in [9.17, 15) is 0 Å². The molecule has 0 unspecified atom stereocenters. The van der Waals surface area contributed by atoms with Gasteiger partial charge in [0.25, 0.3) is 0 Å². The third-order valence-electron chi connectivity index (χ3n) is 8.86. The molecule has 9 aromatic rings. The Balaban J connectivity index is 1.36. The first kappa shape index (κ1) is 27.6. The summed E-state index contributed by atoms with van der Waals surface area (Å²) in [4.78, 5) is 18.1. The number of fused-ring (bicyclic) bond motifs is 2. The van der Waals surface area contributed by atoms with E-state index >= 15 is 0 Å². The third kappa shape index (κ3) is 4.75. The first-order chi connectivity index (χ1) is 23.8. The van der Waals surface area contributed by atoms with Crippen LogP contribution in [0.4, 0.5) is 0 Å². The van der Waals surface area contributed by atoms with Crippen molar-refractivity contribution in [2.45, 2.75) is 0 Å². The topological polar surface area (TPSA) is 77.8 Å². The Bertz CT molecular complexity index is 2560. The van der Waals surface area contributed by atoms with Gasteiger partial charge in [0.1, 0.15) is 23.9 Å². The highest BCUT2D eigenvalue weighted by atomic mass is 16.3. The van der Waals surface area contributed by atoms with Crippen molar-refractivity contribution in [3.05, 3.63) is 159 Å². The molecule has 4 heterocycles. The fourth-order valence-corrected chi connectivity index (χ4v) is 6.72. The molecule has 0 saturated heterocycles. The van der Waals surface area contributed by atoms with Gasteiger partial charge in [-0.25, -0.2) is 9.97 Å². The molecule has 0 amide bonds. The van der Waals surface area contributed by atoms with Crippen LogP contribution in [0.15, 0.2) is 168 Å². The fourth-order valence-electron chi connectivity index (χ4n) is 6.72. The van der Waals surface area contributed by atoms with E-state index in [1.54, 1.807) is 12.5 Å². The molecule has 0 atom stereocenters. The Labute approximate surface area is 276 Å². The van der Waals surface area contributed by atoms with Crippen LogP contribution in [0.25, 0.3) is 88.6 Å². The Morgan fingerprint density at radius 1 is 0.375 bits per heavy atom. The van der Waals surface area contributed by atoms with Gasteiger partial charge in [0.05, 0.1) is 0 Å². The zero-order chi connectivity index (χ0) is 31.9. The number of hydrogen-bond donors (Lipinski definition) is 0. The molecular formula is C42H26N4O2. The molecule has 0 aliphatic carbocycles. The Kier molecular flexibility index (Phi) is 6.68. The zero-order valence-corrected chi connectivity index (χ0v) is 25.6. The van der Waals surface area contributed by atoms with Crippen molar-refractivity contribution in [1.82, 2.24) is 19.9 Å². The smallest absolute Gasteiger partial charge is 0.181 e. The standard InChI is InChI=1S/C42H26N4O2/c1-2-8-27(9-3-1)33-10-4-5-11-34(33)28-14-15-37-38(18-28)42(32-17-30(20-44-22-32)40-24-48-26-46-40)36-13-7-6-12-35(36)41(37)31-16-29(19-43-21-31)39-23-47-25-45-39/h1-26H. The average molecular weight is 619 g/mol. The van der Waals surface area contributed by atoms with Crippen LogP contribution in [0.1, 0.15) is 0 Å². The summed E-state index contributed by atoms with van der Waals surface area (Å²) in [7, 11) is 0. The lowest BCUT2D eigenvalue weighted by molar-refractivity contribution is 0.558. The summed E-state index contributed by atoms with van der Waals surface area (Å²) in [6.45, 7) is 0. The highest BCUT2D eigenvalue weighted by Gasteiger charge is 2.20. The largest absolute Gasteiger partial charge is 0.451 e. The van der Waals surface area contributed by atoms with Gasteiger partial charge in [0, 0.05) is 47.0 Å². The molecule has 0 radical (unpaired) electrons. The SMILES string of the molecule is c1ccc(-c2ccccc2-c2ccc3c(-c4cncc(-c5cocn5)c4)c4ccccc4c(-c4cncc(-c5cocn5)c4)c3c2)cc1. The molecule has 226 valence electrons. The summed E-state index contributed by atoms with van der Waals surface area (Å²) in [6, 6.07) is 38.7. The Morgan fingerprint density at radius 3 is 1.46 bits per heavy atom. The van der Waals surface area contributed by atoms with E-state index in [2.05, 4.69) is 129 Å². The lowest BCUT2D eigenvalue weighted by Crippen LogP contribution is -1.94. The number of benzene rings is 5. The maximum atomic E-state index is 5.31. The lowest BCUT2D eigenvalue weighted by Gasteiger charge is -2.19. The molecule has 4 aromatic heterocycles. The van der Waals surface area contributed by atoms with Crippen LogP contribution >= 0.6 is 0 Å². The fraction of sp³-hybridized carbons (Fsp3) is 0. The predicted molar refractivity (Wildman–Crippen MR) is 190 cm³/mol. The van der Waals surface area contributed by atoms with Crippen LogP contribution in [0.2, 0.25) is 0 Å². The van der Waals surface area contributed by atoms with E-state index in [1.807, 2.05) is 24.8 Å². The molecular weight excluding hydrogens is 592 g/mol. The maximum Gasteiger partial charge on any atom is 0.181 e. The Hall–Kier alpha value is -6.66. The second-order valence-corrected chi connectivity index (χ2v) is 11.6. The number of hydrogen-bond acceptors (Lipinski definition) is 6.